The maximum absolute atomic E-state index is 12.1. The predicted molar refractivity (Wildman–Crippen MR) is 84.4 cm³/mol. The van der Waals surface area contributed by atoms with Crippen molar-refractivity contribution in [2.45, 2.75) is 19.4 Å². The summed E-state index contributed by atoms with van der Waals surface area (Å²) >= 11 is 0. The molecule has 0 radical (unpaired) electrons. The van der Waals surface area contributed by atoms with Gasteiger partial charge in [0.05, 0.1) is 20.1 Å². The third-order valence-electron chi connectivity index (χ3n) is 3.46. The minimum atomic E-state index is 0. The number of hydrogen-bond donors (Lipinski definition) is 1. The van der Waals surface area contributed by atoms with Crippen molar-refractivity contribution in [2.24, 2.45) is 0 Å². The Hall–Kier alpha value is -1.46. The van der Waals surface area contributed by atoms with Crippen LogP contribution in [0.15, 0.2) is 24.3 Å². The van der Waals surface area contributed by atoms with Crippen LogP contribution in [-0.2, 0) is 4.79 Å². The molecule has 1 saturated heterocycles. The Morgan fingerprint density at radius 1 is 1.38 bits per heavy atom. The summed E-state index contributed by atoms with van der Waals surface area (Å²) in [5.74, 6) is 1.51. The van der Waals surface area contributed by atoms with Gasteiger partial charge in [0.2, 0.25) is 5.91 Å². The molecule has 1 N–H and O–H groups in total. The fourth-order valence-electron chi connectivity index (χ4n) is 2.34. The molecule has 1 amide bonds. The minimum Gasteiger partial charge on any atom is -0.493 e. The van der Waals surface area contributed by atoms with Gasteiger partial charge in [-0.15, -0.1) is 12.4 Å². The monoisotopic (exact) mass is 314 g/mol. The first-order valence-electron chi connectivity index (χ1n) is 6.98. The molecule has 1 aliphatic rings. The van der Waals surface area contributed by atoms with Gasteiger partial charge in [0.25, 0.3) is 0 Å². The zero-order valence-electron chi connectivity index (χ0n) is 12.5. The molecule has 0 aliphatic carbocycles. The quantitative estimate of drug-likeness (QED) is 0.899. The summed E-state index contributed by atoms with van der Waals surface area (Å²) in [6.07, 6.45) is 0.391. The number of carbonyl (C=O) groups is 1. The van der Waals surface area contributed by atoms with Gasteiger partial charge in [0.15, 0.2) is 11.5 Å². The van der Waals surface area contributed by atoms with E-state index >= 15 is 0 Å². The van der Waals surface area contributed by atoms with E-state index in [-0.39, 0.29) is 24.4 Å². The van der Waals surface area contributed by atoms with Crippen LogP contribution < -0.4 is 14.8 Å². The third-order valence-corrected chi connectivity index (χ3v) is 3.46. The largest absolute Gasteiger partial charge is 0.493 e. The number of benzene rings is 1. The second-order valence-corrected chi connectivity index (χ2v) is 4.89. The van der Waals surface area contributed by atoms with E-state index in [0.717, 1.165) is 19.6 Å². The number of para-hydroxylation sites is 2. The van der Waals surface area contributed by atoms with Gasteiger partial charge in [-0.2, -0.15) is 0 Å². The number of methoxy groups -OCH3 is 1. The number of hydrogen-bond acceptors (Lipinski definition) is 4. The Morgan fingerprint density at radius 2 is 2.10 bits per heavy atom. The molecular formula is C15H23ClN2O3. The van der Waals surface area contributed by atoms with Crippen LogP contribution in [-0.4, -0.2) is 50.2 Å². The van der Waals surface area contributed by atoms with Crippen molar-refractivity contribution < 1.29 is 14.3 Å². The summed E-state index contributed by atoms with van der Waals surface area (Å²) in [5.41, 5.74) is 0. The van der Waals surface area contributed by atoms with E-state index in [1.54, 1.807) is 7.11 Å². The highest BCUT2D eigenvalue weighted by atomic mass is 35.5. The van der Waals surface area contributed by atoms with E-state index in [9.17, 15) is 4.79 Å². The molecule has 5 nitrogen and oxygen atoms in total. The van der Waals surface area contributed by atoms with Gasteiger partial charge in [-0.1, -0.05) is 12.1 Å². The Balaban J connectivity index is 0.00000220. The van der Waals surface area contributed by atoms with Crippen molar-refractivity contribution >= 4 is 18.3 Å². The summed E-state index contributed by atoms with van der Waals surface area (Å²) in [6, 6.07) is 7.71. The van der Waals surface area contributed by atoms with E-state index in [0.29, 0.717) is 24.5 Å². The number of piperazine rings is 1. The number of halogens is 1. The number of carbonyl (C=O) groups excluding carboxylic acids is 1. The Bertz CT molecular complexity index is 456. The zero-order chi connectivity index (χ0) is 14.4. The second-order valence-electron chi connectivity index (χ2n) is 4.89. The van der Waals surface area contributed by atoms with Crippen LogP contribution in [0, 0.1) is 0 Å². The zero-order valence-corrected chi connectivity index (χ0v) is 13.3. The minimum absolute atomic E-state index is 0. The van der Waals surface area contributed by atoms with Crippen molar-refractivity contribution in [2.75, 3.05) is 33.4 Å². The summed E-state index contributed by atoms with van der Waals surface area (Å²) in [7, 11) is 1.61. The average molecular weight is 315 g/mol. The van der Waals surface area contributed by atoms with Gasteiger partial charge in [0.1, 0.15) is 0 Å². The van der Waals surface area contributed by atoms with Crippen LogP contribution in [0.25, 0.3) is 0 Å². The van der Waals surface area contributed by atoms with E-state index < -0.39 is 0 Å². The summed E-state index contributed by atoms with van der Waals surface area (Å²) in [6.45, 7) is 4.93. The number of amides is 1. The van der Waals surface area contributed by atoms with E-state index in [4.69, 9.17) is 9.47 Å². The van der Waals surface area contributed by atoms with Crippen molar-refractivity contribution in [3.05, 3.63) is 24.3 Å². The van der Waals surface area contributed by atoms with Crippen LogP contribution in [0.1, 0.15) is 13.3 Å². The van der Waals surface area contributed by atoms with Crippen LogP contribution in [0.5, 0.6) is 11.5 Å². The average Bonchev–Trinajstić information content (AvgIpc) is 2.48. The fraction of sp³-hybridized carbons (Fsp3) is 0.533. The molecule has 2 rings (SSSR count). The van der Waals surface area contributed by atoms with Crippen molar-refractivity contribution in [1.29, 1.82) is 0 Å². The van der Waals surface area contributed by atoms with Crippen LogP contribution in [0.4, 0.5) is 0 Å². The lowest BCUT2D eigenvalue weighted by Crippen LogP contribution is -2.52. The molecule has 0 aromatic heterocycles. The maximum atomic E-state index is 12.1. The number of nitrogens with zero attached hydrogens (tertiary/aromatic N) is 1. The smallest absolute Gasteiger partial charge is 0.226 e. The number of rotatable bonds is 5. The van der Waals surface area contributed by atoms with Gasteiger partial charge >= 0.3 is 0 Å². The second kappa shape index (κ2) is 8.74. The lowest BCUT2D eigenvalue weighted by molar-refractivity contribution is -0.134. The molecule has 0 saturated carbocycles. The van der Waals surface area contributed by atoms with E-state index in [1.807, 2.05) is 29.2 Å². The maximum Gasteiger partial charge on any atom is 0.226 e. The first-order valence-corrected chi connectivity index (χ1v) is 6.98. The first kappa shape index (κ1) is 17.6. The Labute approximate surface area is 132 Å². The molecule has 1 aliphatic heterocycles. The molecule has 1 aromatic rings. The normalized spacial score (nSPS) is 17.8. The molecule has 118 valence electrons. The highest BCUT2D eigenvalue weighted by Gasteiger charge is 2.22. The van der Waals surface area contributed by atoms with Crippen molar-refractivity contribution in [1.82, 2.24) is 10.2 Å². The molecule has 0 unspecified atom stereocenters. The van der Waals surface area contributed by atoms with E-state index in [2.05, 4.69) is 12.2 Å². The molecule has 1 heterocycles. The van der Waals surface area contributed by atoms with E-state index in [1.165, 1.54) is 0 Å². The summed E-state index contributed by atoms with van der Waals surface area (Å²) in [5, 5.41) is 3.27. The van der Waals surface area contributed by atoms with Gasteiger partial charge in [-0.25, -0.2) is 0 Å². The van der Waals surface area contributed by atoms with Gasteiger partial charge < -0.3 is 19.7 Å². The van der Waals surface area contributed by atoms with Crippen LogP contribution >= 0.6 is 12.4 Å². The molecule has 1 atom stereocenters. The third kappa shape index (κ3) is 4.79. The van der Waals surface area contributed by atoms with Crippen molar-refractivity contribution in [3.63, 3.8) is 0 Å². The highest BCUT2D eigenvalue weighted by molar-refractivity contribution is 5.85. The fourth-order valence-corrected chi connectivity index (χ4v) is 2.34. The number of ether oxygens (including phenoxy) is 2. The Kier molecular flexibility index (Phi) is 7.32. The topological polar surface area (TPSA) is 50.8 Å². The molecule has 1 fully saturated rings. The standard InChI is InChI=1S/C15H22N2O3.ClH/c1-12-11-16-8-9-17(12)15(18)7-10-20-14-6-4-3-5-13(14)19-2;/h3-6,12,16H,7-11H2,1-2H3;1H/t12-;/m0./s1. The van der Waals surface area contributed by atoms with Crippen molar-refractivity contribution in [3.8, 4) is 11.5 Å². The Morgan fingerprint density at radius 3 is 2.76 bits per heavy atom. The number of nitrogens with one attached hydrogen (secondary N) is 1. The lowest BCUT2D eigenvalue weighted by Gasteiger charge is -2.34. The molecular weight excluding hydrogens is 292 g/mol. The molecule has 21 heavy (non-hydrogen) atoms. The molecule has 6 heteroatoms. The van der Waals surface area contributed by atoms with Gasteiger partial charge in [-0.05, 0) is 19.1 Å². The SMILES string of the molecule is COc1ccccc1OCCC(=O)N1CCNC[C@@H]1C.Cl. The summed E-state index contributed by atoms with van der Waals surface area (Å²) < 4.78 is 10.8. The molecule has 0 spiro atoms. The van der Waals surface area contributed by atoms with Gasteiger partial charge in [-0.3, -0.25) is 4.79 Å². The lowest BCUT2D eigenvalue weighted by atomic mass is 10.2. The van der Waals surface area contributed by atoms with Crippen LogP contribution in [0.3, 0.4) is 0 Å². The summed E-state index contributed by atoms with van der Waals surface area (Å²) in [4.78, 5) is 14.1. The van der Waals surface area contributed by atoms with Crippen LogP contribution in [0.2, 0.25) is 0 Å². The molecule has 1 aromatic carbocycles. The van der Waals surface area contributed by atoms with Gasteiger partial charge in [0, 0.05) is 25.7 Å². The first-order chi connectivity index (χ1) is 9.72. The predicted octanol–water partition coefficient (Wildman–Crippen LogP) is 1.71. The molecule has 0 bridgehead atoms. The highest BCUT2D eigenvalue weighted by Crippen LogP contribution is 2.25.